The Bertz CT molecular complexity index is 1090. The predicted molar refractivity (Wildman–Crippen MR) is 117 cm³/mol. The fraction of sp³-hybridized carbons (Fsp3) is 0.545. The predicted octanol–water partition coefficient (Wildman–Crippen LogP) is 4.09. The highest BCUT2D eigenvalue weighted by Gasteiger charge is 2.28. The van der Waals surface area contributed by atoms with Gasteiger partial charge in [0.05, 0.1) is 34.0 Å². The molecule has 1 atom stereocenters. The van der Waals surface area contributed by atoms with E-state index in [2.05, 4.69) is 40.6 Å². The van der Waals surface area contributed by atoms with Crippen molar-refractivity contribution in [3.8, 4) is 16.5 Å². The third kappa shape index (κ3) is 3.80. The number of amides is 1. The average molecular weight is 426 g/mol. The Morgan fingerprint density at radius 2 is 2.13 bits per heavy atom. The third-order valence-corrected chi connectivity index (χ3v) is 7.13. The summed E-state index contributed by atoms with van der Waals surface area (Å²) in [6.45, 7) is 7.78. The zero-order chi connectivity index (χ0) is 20.9. The van der Waals surface area contributed by atoms with Crippen molar-refractivity contribution in [2.24, 2.45) is 5.92 Å². The SMILES string of the molecule is CC(C)(C)c1ncc(-c2cc3ncn(C4CC4)c3c(OCC[C@H]3CNC(=O)C3)n2)s1. The maximum absolute atomic E-state index is 11.4. The number of aromatic nitrogens is 4. The summed E-state index contributed by atoms with van der Waals surface area (Å²) >= 11 is 1.67. The highest BCUT2D eigenvalue weighted by atomic mass is 32.1. The highest BCUT2D eigenvalue weighted by molar-refractivity contribution is 7.15. The lowest BCUT2D eigenvalue weighted by Crippen LogP contribution is -2.14. The second-order valence-corrected chi connectivity index (χ2v) is 10.4. The molecule has 3 aromatic heterocycles. The molecule has 1 aliphatic heterocycles. The van der Waals surface area contributed by atoms with Gasteiger partial charge in [0.2, 0.25) is 11.8 Å². The van der Waals surface area contributed by atoms with Crippen LogP contribution in [0.4, 0.5) is 0 Å². The number of carbonyl (C=O) groups excluding carboxylic acids is 1. The average Bonchev–Trinajstić information content (AvgIpc) is 3.09. The molecule has 3 aromatic rings. The lowest BCUT2D eigenvalue weighted by atomic mass is 9.98. The van der Waals surface area contributed by atoms with Crippen LogP contribution in [0.3, 0.4) is 0 Å². The summed E-state index contributed by atoms with van der Waals surface area (Å²) in [5, 5.41) is 3.98. The zero-order valence-corrected chi connectivity index (χ0v) is 18.5. The van der Waals surface area contributed by atoms with Gasteiger partial charge in [-0.3, -0.25) is 4.79 Å². The van der Waals surface area contributed by atoms with Crippen molar-refractivity contribution < 1.29 is 9.53 Å². The Morgan fingerprint density at radius 1 is 1.30 bits per heavy atom. The van der Waals surface area contributed by atoms with E-state index in [4.69, 9.17) is 9.72 Å². The first-order valence-corrected chi connectivity index (χ1v) is 11.4. The van der Waals surface area contributed by atoms with Crippen LogP contribution in [0.2, 0.25) is 0 Å². The zero-order valence-electron chi connectivity index (χ0n) is 17.6. The number of hydrogen-bond acceptors (Lipinski definition) is 6. The molecule has 5 rings (SSSR count). The molecule has 0 radical (unpaired) electrons. The largest absolute Gasteiger partial charge is 0.476 e. The molecule has 0 bridgehead atoms. The van der Waals surface area contributed by atoms with Crippen LogP contribution >= 0.6 is 11.3 Å². The molecule has 30 heavy (non-hydrogen) atoms. The number of hydrogen-bond donors (Lipinski definition) is 1. The van der Waals surface area contributed by atoms with Gasteiger partial charge in [-0.05, 0) is 31.2 Å². The molecule has 158 valence electrons. The summed E-state index contributed by atoms with van der Waals surface area (Å²) in [5.41, 5.74) is 2.74. The minimum atomic E-state index is 0.00660. The summed E-state index contributed by atoms with van der Waals surface area (Å²) in [6, 6.07) is 2.54. The van der Waals surface area contributed by atoms with Crippen LogP contribution in [0.25, 0.3) is 21.6 Å². The summed E-state index contributed by atoms with van der Waals surface area (Å²) in [5.74, 6) is 1.10. The van der Waals surface area contributed by atoms with Crippen LogP contribution in [0, 0.1) is 5.92 Å². The van der Waals surface area contributed by atoms with Crippen LogP contribution in [-0.2, 0) is 10.2 Å². The number of rotatable bonds is 6. The topological polar surface area (TPSA) is 81.9 Å². The summed E-state index contributed by atoms with van der Waals surface area (Å²) in [7, 11) is 0. The van der Waals surface area contributed by atoms with Crippen LogP contribution in [0.5, 0.6) is 5.88 Å². The fourth-order valence-electron chi connectivity index (χ4n) is 3.81. The van der Waals surface area contributed by atoms with E-state index >= 15 is 0 Å². The van der Waals surface area contributed by atoms with Crippen molar-refractivity contribution in [1.29, 1.82) is 0 Å². The smallest absolute Gasteiger partial charge is 0.240 e. The number of fused-ring (bicyclic) bond motifs is 1. The number of nitrogens with one attached hydrogen (secondary N) is 1. The van der Waals surface area contributed by atoms with Gasteiger partial charge in [-0.2, -0.15) is 0 Å². The number of imidazole rings is 1. The minimum Gasteiger partial charge on any atom is -0.476 e. The summed E-state index contributed by atoms with van der Waals surface area (Å²) < 4.78 is 8.41. The molecule has 0 aromatic carbocycles. The molecule has 1 saturated heterocycles. The van der Waals surface area contributed by atoms with Crippen LogP contribution in [0.1, 0.15) is 57.5 Å². The molecular formula is C22H27N5O2S. The van der Waals surface area contributed by atoms with E-state index in [0.29, 0.717) is 30.9 Å². The highest BCUT2D eigenvalue weighted by Crippen LogP contribution is 2.41. The minimum absolute atomic E-state index is 0.00660. The third-order valence-electron chi connectivity index (χ3n) is 5.69. The van der Waals surface area contributed by atoms with Crippen molar-refractivity contribution in [3.63, 3.8) is 0 Å². The number of thiazole rings is 1. The first-order valence-electron chi connectivity index (χ1n) is 10.6. The normalized spacial score (nSPS) is 19.4. The molecule has 0 unspecified atom stereocenters. The van der Waals surface area contributed by atoms with Crippen LogP contribution < -0.4 is 10.1 Å². The number of pyridine rings is 1. The summed E-state index contributed by atoms with van der Waals surface area (Å²) in [4.78, 5) is 26.6. The Hall–Kier alpha value is -2.48. The molecule has 2 aliphatic rings. The van der Waals surface area contributed by atoms with E-state index in [1.54, 1.807) is 11.3 Å². The van der Waals surface area contributed by atoms with E-state index in [1.807, 2.05) is 18.6 Å². The van der Waals surface area contributed by atoms with Crippen molar-refractivity contribution in [1.82, 2.24) is 24.8 Å². The molecule has 1 saturated carbocycles. The molecule has 4 heterocycles. The van der Waals surface area contributed by atoms with E-state index in [0.717, 1.165) is 39.6 Å². The van der Waals surface area contributed by atoms with Gasteiger partial charge in [0.25, 0.3) is 0 Å². The Labute approximate surface area is 179 Å². The van der Waals surface area contributed by atoms with Crippen molar-refractivity contribution >= 4 is 28.3 Å². The Balaban J connectivity index is 1.46. The van der Waals surface area contributed by atoms with Crippen molar-refractivity contribution in [3.05, 3.63) is 23.6 Å². The quantitative estimate of drug-likeness (QED) is 0.643. The Morgan fingerprint density at radius 3 is 2.80 bits per heavy atom. The molecule has 8 heteroatoms. The maximum Gasteiger partial charge on any atom is 0.240 e. The van der Waals surface area contributed by atoms with Gasteiger partial charge in [-0.15, -0.1) is 11.3 Å². The fourth-order valence-corrected chi connectivity index (χ4v) is 4.75. The molecule has 7 nitrogen and oxygen atoms in total. The summed E-state index contributed by atoms with van der Waals surface area (Å²) in [6.07, 6.45) is 7.57. The van der Waals surface area contributed by atoms with Gasteiger partial charge in [0, 0.05) is 30.6 Å². The van der Waals surface area contributed by atoms with Gasteiger partial charge in [-0.1, -0.05) is 20.8 Å². The number of ether oxygens (including phenoxy) is 1. The lowest BCUT2D eigenvalue weighted by molar-refractivity contribution is -0.119. The molecule has 0 spiro atoms. The second-order valence-electron chi connectivity index (χ2n) is 9.35. The number of carbonyl (C=O) groups is 1. The molecule has 1 aliphatic carbocycles. The number of nitrogens with zero attached hydrogens (tertiary/aromatic N) is 4. The van der Waals surface area contributed by atoms with Gasteiger partial charge in [0.15, 0.2) is 0 Å². The maximum atomic E-state index is 11.4. The van der Waals surface area contributed by atoms with Gasteiger partial charge in [0.1, 0.15) is 5.52 Å². The van der Waals surface area contributed by atoms with Crippen LogP contribution in [-0.4, -0.2) is 38.6 Å². The first-order chi connectivity index (χ1) is 14.4. The monoisotopic (exact) mass is 425 g/mol. The van der Waals surface area contributed by atoms with Gasteiger partial charge >= 0.3 is 0 Å². The Kier molecular flexibility index (Phi) is 4.76. The van der Waals surface area contributed by atoms with Crippen molar-refractivity contribution in [2.75, 3.05) is 13.2 Å². The molecule has 2 fully saturated rings. The van der Waals surface area contributed by atoms with E-state index < -0.39 is 0 Å². The molecule has 1 N–H and O–H groups in total. The standard InChI is InChI=1S/C22H27N5O2S/c1-22(2,3)21-24-11-17(30-21)15-9-16-19(27(12-25-16)14-4-5-14)20(26-15)29-7-6-13-8-18(28)23-10-13/h9,11-14H,4-8,10H2,1-3H3,(H,23,28)/t13-/m1/s1. The van der Waals surface area contributed by atoms with E-state index in [9.17, 15) is 4.79 Å². The van der Waals surface area contributed by atoms with Gasteiger partial charge in [-0.25, -0.2) is 15.0 Å². The van der Waals surface area contributed by atoms with E-state index in [-0.39, 0.29) is 11.3 Å². The lowest BCUT2D eigenvalue weighted by Gasteiger charge is -2.13. The molecule has 1 amide bonds. The van der Waals surface area contributed by atoms with Gasteiger partial charge < -0.3 is 14.6 Å². The van der Waals surface area contributed by atoms with Crippen molar-refractivity contribution in [2.45, 2.75) is 57.9 Å². The second kappa shape index (κ2) is 7.34. The molecular weight excluding hydrogens is 398 g/mol. The van der Waals surface area contributed by atoms with E-state index in [1.165, 1.54) is 12.8 Å². The van der Waals surface area contributed by atoms with Crippen LogP contribution in [0.15, 0.2) is 18.6 Å². The first kappa shape index (κ1) is 19.5.